The van der Waals surface area contributed by atoms with Crippen molar-refractivity contribution in [2.75, 3.05) is 5.73 Å². The van der Waals surface area contributed by atoms with E-state index in [1.165, 1.54) is 43.4 Å². The van der Waals surface area contributed by atoms with Crippen LogP contribution in [0.15, 0.2) is 0 Å². The summed E-state index contributed by atoms with van der Waals surface area (Å²) in [6, 6.07) is 0. The van der Waals surface area contributed by atoms with Gasteiger partial charge in [0.2, 0.25) is 0 Å². The number of nitrogen functional groups attached to an aromatic ring is 1. The van der Waals surface area contributed by atoms with Gasteiger partial charge in [0.15, 0.2) is 0 Å². The van der Waals surface area contributed by atoms with E-state index >= 15 is 0 Å². The highest BCUT2D eigenvalue weighted by Crippen LogP contribution is 2.31. The second-order valence-corrected chi connectivity index (χ2v) is 5.73. The molecule has 0 amide bonds. The standard InChI is InChI=1S/C14H25N3/c1-10(2)13-12(16-17(3)14(13)15)9-11-7-5-4-6-8-11/h10-11H,4-9,15H2,1-3H3. The van der Waals surface area contributed by atoms with Crippen molar-refractivity contribution in [3.05, 3.63) is 11.3 Å². The topological polar surface area (TPSA) is 43.8 Å². The molecule has 17 heavy (non-hydrogen) atoms. The molecule has 2 rings (SSSR count). The van der Waals surface area contributed by atoms with Crippen LogP contribution in [0.4, 0.5) is 5.82 Å². The molecule has 0 saturated heterocycles. The summed E-state index contributed by atoms with van der Waals surface area (Å²) in [4.78, 5) is 0. The van der Waals surface area contributed by atoms with E-state index in [-0.39, 0.29) is 0 Å². The minimum Gasteiger partial charge on any atom is -0.384 e. The lowest BCUT2D eigenvalue weighted by Gasteiger charge is -2.21. The van der Waals surface area contributed by atoms with Crippen LogP contribution in [-0.2, 0) is 13.5 Å². The van der Waals surface area contributed by atoms with Gasteiger partial charge in [-0.1, -0.05) is 46.0 Å². The number of anilines is 1. The number of rotatable bonds is 3. The van der Waals surface area contributed by atoms with Gasteiger partial charge in [-0.25, -0.2) is 0 Å². The average Bonchev–Trinajstić information content (AvgIpc) is 2.56. The van der Waals surface area contributed by atoms with Crippen LogP contribution in [0.2, 0.25) is 0 Å². The van der Waals surface area contributed by atoms with Crippen molar-refractivity contribution < 1.29 is 0 Å². The maximum absolute atomic E-state index is 6.11. The Bertz CT molecular complexity index is 373. The van der Waals surface area contributed by atoms with Gasteiger partial charge in [-0.15, -0.1) is 0 Å². The first kappa shape index (κ1) is 12.5. The highest BCUT2D eigenvalue weighted by molar-refractivity contribution is 5.45. The van der Waals surface area contributed by atoms with Gasteiger partial charge in [0.05, 0.1) is 5.69 Å². The van der Waals surface area contributed by atoms with Crippen molar-refractivity contribution in [1.29, 1.82) is 0 Å². The average molecular weight is 235 g/mol. The van der Waals surface area contributed by atoms with Crippen molar-refractivity contribution in [2.45, 2.75) is 58.3 Å². The molecule has 1 fully saturated rings. The third kappa shape index (κ3) is 2.64. The number of aromatic nitrogens is 2. The van der Waals surface area contributed by atoms with Gasteiger partial charge in [-0.3, -0.25) is 4.68 Å². The molecule has 3 heteroatoms. The van der Waals surface area contributed by atoms with Gasteiger partial charge < -0.3 is 5.73 Å². The lowest BCUT2D eigenvalue weighted by Crippen LogP contribution is -2.11. The molecule has 0 spiro atoms. The van der Waals surface area contributed by atoms with Crippen LogP contribution >= 0.6 is 0 Å². The molecule has 0 bridgehead atoms. The quantitative estimate of drug-likeness (QED) is 0.874. The highest BCUT2D eigenvalue weighted by atomic mass is 15.3. The Morgan fingerprint density at radius 2 is 1.94 bits per heavy atom. The summed E-state index contributed by atoms with van der Waals surface area (Å²) in [6.07, 6.45) is 8.06. The van der Waals surface area contributed by atoms with Crippen molar-refractivity contribution in [1.82, 2.24) is 9.78 Å². The fourth-order valence-electron chi connectivity index (χ4n) is 3.06. The van der Waals surface area contributed by atoms with Crippen LogP contribution in [0.25, 0.3) is 0 Å². The van der Waals surface area contributed by atoms with Crippen molar-refractivity contribution in [3.63, 3.8) is 0 Å². The van der Waals surface area contributed by atoms with E-state index in [1.807, 2.05) is 11.7 Å². The van der Waals surface area contributed by atoms with E-state index in [9.17, 15) is 0 Å². The van der Waals surface area contributed by atoms with E-state index in [0.717, 1.165) is 18.2 Å². The third-order valence-electron chi connectivity index (χ3n) is 3.99. The molecule has 1 heterocycles. The van der Waals surface area contributed by atoms with E-state index in [0.29, 0.717) is 5.92 Å². The molecule has 1 aliphatic carbocycles. The van der Waals surface area contributed by atoms with Crippen LogP contribution in [0.3, 0.4) is 0 Å². The lowest BCUT2D eigenvalue weighted by molar-refractivity contribution is 0.352. The lowest BCUT2D eigenvalue weighted by atomic mass is 9.84. The Balaban J connectivity index is 2.16. The number of aryl methyl sites for hydroxylation is 1. The maximum Gasteiger partial charge on any atom is 0.125 e. The van der Waals surface area contributed by atoms with Gasteiger partial charge in [-0.05, 0) is 18.3 Å². The zero-order valence-corrected chi connectivity index (χ0v) is 11.4. The fraction of sp³-hybridized carbons (Fsp3) is 0.786. The van der Waals surface area contributed by atoms with Gasteiger partial charge >= 0.3 is 0 Å². The van der Waals surface area contributed by atoms with Crippen molar-refractivity contribution in [2.24, 2.45) is 13.0 Å². The summed E-state index contributed by atoms with van der Waals surface area (Å²) >= 11 is 0. The summed E-state index contributed by atoms with van der Waals surface area (Å²) in [6.45, 7) is 4.41. The number of nitrogens with zero attached hydrogens (tertiary/aromatic N) is 2. The van der Waals surface area contributed by atoms with Crippen LogP contribution in [0.5, 0.6) is 0 Å². The minimum absolute atomic E-state index is 0.474. The van der Waals surface area contributed by atoms with Crippen LogP contribution < -0.4 is 5.73 Å². The van der Waals surface area contributed by atoms with Crippen LogP contribution in [0.1, 0.15) is 63.1 Å². The largest absolute Gasteiger partial charge is 0.384 e. The summed E-state index contributed by atoms with van der Waals surface area (Å²) in [7, 11) is 1.95. The molecule has 0 radical (unpaired) electrons. The van der Waals surface area contributed by atoms with Gasteiger partial charge in [0, 0.05) is 12.6 Å². The first-order chi connectivity index (χ1) is 8.09. The first-order valence-electron chi connectivity index (χ1n) is 6.90. The second-order valence-electron chi connectivity index (χ2n) is 5.73. The molecule has 1 aromatic heterocycles. The molecule has 0 aliphatic heterocycles. The zero-order valence-electron chi connectivity index (χ0n) is 11.4. The van der Waals surface area contributed by atoms with Gasteiger partial charge in [0.25, 0.3) is 0 Å². The maximum atomic E-state index is 6.11. The SMILES string of the molecule is CC(C)c1c(CC2CCCCC2)nn(C)c1N. The second kappa shape index (κ2) is 5.11. The van der Waals surface area contributed by atoms with E-state index in [4.69, 9.17) is 5.73 Å². The summed E-state index contributed by atoms with van der Waals surface area (Å²) in [5.74, 6) is 2.16. The van der Waals surface area contributed by atoms with Gasteiger partial charge in [0.1, 0.15) is 5.82 Å². The van der Waals surface area contributed by atoms with Crippen molar-refractivity contribution in [3.8, 4) is 0 Å². The van der Waals surface area contributed by atoms with Gasteiger partial charge in [-0.2, -0.15) is 5.10 Å². The van der Waals surface area contributed by atoms with E-state index in [2.05, 4.69) is 18.9 Å². The highest BCUT2D eigenvalue weighted by Gasteiger charge is 2.21. The number of nitrogens with two attached hydrogens (primary N) is 1. The third-order valence-corrected chi connectivity index (χ3v) is 3.99. The molecule has 1 aromatic rings. The molecular weight excluding hydrogens is 210 g/mol. The Hall–Kier alpha value is -0.990. The normalized spacial score (nSPS) is 17.9. The zero-order chi connectivity index (χ0) is 12.4. The Kier molecular flexibility index (Phi) is 3.75. The predicted molar refractivity (Wildman–Crippen MR) is 72.0 cm³/mol. The van der Waals surface area contributed by atoms with E-state index in [1.54, 1.807) is 0 Å². The van der Waals surface area contributed by atoms with E-state index < -0.39 is 0 Å². The molecule has 0 aromatic carbocycles. The molecule has 0 atom stereocenters. The van der Waals surface area contributed by atoms with Crippen molar-refractivity contribution >= 4 is 5.82 Å². The number of hydrogen-bond donors (Lipinski definition) is 1. The molecule has 1 aliphatic rings. The van der Waals surface area contributed by atoms with Crippen LogP contribution in [0, 0.1) is 5.92 Å². The summed E-state index contributed by atoms with van der Waals surface area (Å²) in [5.41, 5.74) is 8.63. The Labute approximate surface area is 104 Å². The molecule has 1 saturated carbocycles. The minimum atomic E-state index is 0.474. The fourth-order valence-corrected chi connectivity index (χ4v) is 3.06. The molecule has 0 unspecified atom stereocenters. The van der Waals surface area contributed by atoms with Crippen LogP contribution in [-0.4, -0.2) is 9.78 Å². The molecular formula is C14H25N3. The molecule has 96 valence electrons. The molecule has 3 nitrogen and oxygen atoms in total. The summed E-state index contributed by atoms with van der Waals surface area (Å²) in [5, 5.41) is 4.62. The molecule has 2 N–H and O–H groups in total. The smallest absolute Gasteiger partial charge is 0.125 e. The Morgan fingerprint density at radius 1 is 1.29 bits per heavy atom. The number of hydrogen-bond acceptors (Lipinski definition) is 2. The first-order valence-corrected chi connectivity index (χ1v) is 6.90. The monoisotopic (exact) mass is 235 g/mol. The summed E-state index contributed by atoms with van der Waals surface area (Å²) < 4.78 is 1.84. The Morgan fingerprint density at radius 3 is 2.53 bits per heavy atom. The predicted octanol–water partition coefficient (Wildman–Crippen LogP) is 3.25.